The first-order valence-electron chi connectivity index (χ1n) is 14.6. The van der Waals surface area contributed by atoms with Crippen molar-refractivity contribution in [2.75, 3.05) is 18.5 Å². The minimum atomic E-state index is -0.657. The van der Waals surface area contributed by atoms with Gasteiger partial charge in [-0.3, -0.25) is 14.9 Å². The Morgan fingerprint density at radius 1 is 1.10 bits per heavy atom. The van der Waals surface area contributed by atoms with E-state index in [9.17, 15) is 19.5 Å². The van der Waals surface area contributed by atoms with Crippen LogP contribution in [-0.4, -0.2) is 48.6 Å². The zero-order valence-corrected chi connectivity index (χ0v) is 23.8. The van der Waals surface area contributed by atoms with Crippen LogP contribution >= 0.6 is 0 Å². The Balaban J connectivity index is 1.41. The average Bonchev–Trinajstić information content (AvgIpc) is 2.93. The number of cyclic esters (lactones) is 1. The molecule has 0 unspecified atom stereocenters. The van der Waals surface area contributed by atoms with Crippen molar-refractivity contribution in [2.45, 2.75) is 77.9 Å². The molecule has 1 fully saturated rings. The number of carbonyl (C=O) groups excluding carboxylic acids is 3. The Morgan fingerprint density at radius 2 is 1.88 bits per heavy atom. The summed E-state index contributed by atoms with van der Waals surface area (Å²) in [5.74, 6) is 0.0976. The predicted molar refractivity (Wildman–Crippen MR) is 151 cm³/mol. The number of fused-ring (bicyclic) bond motifs is 1. The minimum Gasteiger partial charge on any atom is -0.465 e. The fourth-order valence-electron chi connectivity index (χ4n) is 5.87. The van der Waals surface area contributed by atoms with Crippen molar-refractivity contribution in [3.8, 4) is 0 Å². The van der Waals surface area contributed by atoms with Gasteiger partial charge in [-0.05, 0) is 75.5 Å². The van der Waals surface area contributed by atoms with Gasteiger partial charge in [0.15, 0.2) is 0 Å². The molecule has 0 aromatic heterocycles. The molecule has 0 bridgehead atoms. The van der Waals surface area contributed by atoms with Crippen LogP contribution in [-0.2, 0) is 23.8 Å². The number of hydrogen-bond donors (Lipinski definition) is 2. The molecule has 2 aliphatic carbocycles. The van der Waals surface area contributed by atoms with E-state index in [1.54, 1.807) is 0 Å². The first-order valence-corrected chi connectivity index (χ1v) is 14.6. The summed E-state index contributed by atoms with van der Waals surface area (Å²) in [6.07, 6.45) is 9.50. The molecule has 8 nitrogen and oxygen atoms in total. The van der Waals surface area contributed by atoms with E-state index in [1.807, 2.05) is 51.1 Å². The Bertz CT molecular complexity index is 1100. The first-order chi connectivity index (χ1) is 19.1. The third kappa shape index (κ3) is 7.96. The number of ether oxygens (including phenoxy) is 3. The Morgan fingerprint density at radius 3 is 2.60 bits per heavy atom. The number of nitrogens with one attached hydrogen (secondary N) is 1. The van der Waals surface area contributed by atoms with Crippen LogP contribution in [0.15, 0.2) is 54.1 Å². The standard InChI is InChI=1S/C32H43NO7/c1-4-32(2,3)30(36)38-20-23-12-11-22-16-21(19-39-31(37)33-24-8-6-5-7-9-24)10-14-27(22)28(23)15-13-26-17-25(34)18-29(35)40-26/h5-9,11-12,16,21,23,25-28,34H,4,10,13-15,17-20H2,1-3H3,(H,33,37)/t21-,23+,25+,26+,27-,28+/m0/s1. The predicted octanol–water partition coefficient (Wildman–Crippen LogP) is 5.82. The molecule has 1 saturated heterocycles. The number of aliphatic hydroxyl groups is 1. The quantitative estimate of drug-likeness (QED) is 0.278. The molecule has 8 heteroatoms. The number of aliphatic hydroxyl groups excluding tert-OH is 1. The van der Waals surface area contributed by atoms with Crippen molar-refractivity contribution >= 4 is 23.7 Å². The molecule has 40 heavy (non-hydrogen) atoms. The molecule has 0 spiro atoms. The van der Waals surface area contributed by atoms with Gasteiger partial charge in [0.05, 0.1) is 31.2 Å². The average molecular weight is 554 g/mol. The number of anilines is 1. The molecule has 1 aromatic carbocycles. The number of carbonyl (C=O) groups is 3. The summed E-state index contributed by atoms with van der Waals surface area (Å²) in [7, 11) is 0. The van der Waals surface area contributed by atoms with Crippen molar-refractivity contribution in [3.05, 3.63) is 54.1 Å². The van der Waals surface area contributed by atoms with Gasteiger partial charge in [0.25, 0.3) is 0 Å². The third-order valence-electron chi connectivity index (χ3n) is 8.66. The van der Waals surface area contributed by atoms with Gasteiger partial charge in [0, 0.05) is 23.9 Å². The van der Waals surface area contributed by atoms with Crippen molar-refractivity contribution in [1.82, 2.24) is 0 Å². The zero-order chi connectivity index (χ0) is 28.7. The lowest BCUT2D eigenvalue weighted by molar-refractivity contribution is -0.161. The maximum atomic E-state index is 12.7. The summed E-state index contributed by atoms with van der Waals surface area (Å²) in [6, 6.07) is 9.22. The first kappa shape index (κ1) is 29.8. The van der Waals surface area contributed by atoms with Crippen molar-refractivity contribution in [2.24, 2.45) is 29.1 Å². The van der Waals surface area contributed by atoms with E-state index < -0.39 is 17.6 Å². The van der Waals surface area contributed by atoms with Gasteiger partial charge in [-0.15, -0.1) is 0 Å². The fraction of sp³-hybridized carbons (Fsp3) is 0.594. The van der Waals surface area contributed by atoms with Crippen LogP contribution in [0.4, 0.5) is 10.5 Å². The van der Waals surface area contributed by atoms with Gasteiger partial charge in [-0.1, -0.05) is 43.4 Å². The summed E-state index contributed by atoms with van der Waals surface area (Å²) in [6.45, 7) is 6.39. The summed E-state index contributed by atoms with van der Waals surface area (Å²) >= 11 is 0. The number of benzene rings is 1. The molecule has 4 rings (SSSR count). The maximum Gasteiger partial charge on any atom is 0.411 e. The summed E-state index contributed by atoms with van der Waals surface area (Å²) < 4.78 is 16.8. The molecule has 1 aliphatic heterocycles. The Kier molecular flexibility index (Phi) is 10.1. The molecule has 0 radical (unpaired) electrons. The van der Waals surface area contributed by atoms with Crippen LogP contribution in [0.3, 0.4) is 0 Å². The summed E-state index contributed by atoms with van der Waals surface area (Å²) in [5, 5.41) is 12.8. The van der Waals surface area contributed by atoms with Crippen LogP contribution in [0, 0.1) is 29.1 Å². The number of para-hydroxylation sites is 1. The fourth-order valence-corrected chi connectivity index (χ4v) is 5.87. The number of allylic oxidation sites excluding steroid dienone is 2. The molecule has 3 aliphatic rings. The Labute approximate surface area is 237 Å². The van der Waals surface area contributed by atoms with E-state index in [0.717, 1.165) is 19.3 Å². The SMILES string of the molecule is CCC(C)(C)C(=O)OC[C@H]1C=CC2=C[C@@H](COC(=O)Nc3ccccc3)CC[C@@H]2[C@@H]1CC[C@@H]1C[C@@H](O)CC(=O)O1. The number of esters is 2. The van der Waals surface area contributed by atoms with E-state index in [4.69, 9.17) is 14.2 Å². The number of hydrogen-bond acceptors (Lipinski definition) is 7. The molecular weight excluding hydrogens is 510 g/mol. The lowest BCUT2D eigenvalue weighted by atomic mass is 9.66. The molecular formula is C32H43NO7. The smallest absolute Gasteiger partial charge is 0.411 e. The van der Waals surface area contributed by atoms with Gasteiger partial charge in [-0.2, -0.15) is 0 Å². The third-order valence-corrected chi connectivity index (χ3v) is 8.66. The van der Waals surface area contributed by atoms with E-state index in [2.05, 4.69) is 23.5 Å². The second kappa shape index (κ2) is 13.5. The van der Waals surface area contributed by atoms with Crippen LogP contribution < -0.4 is 5.32 Å². The van der Waals surface area contributed by atoms with Crippen molar-refractivity contribution in [1.29, 1.82) is 0 Å². The van der Waals surface area contributed by atoms with Gasteiger partial charge >= 0.3 is 18.0 Å². The summed E-state index contributed by atoms with van der Waals surface area (Å²) in [5.41, 5.74) is 1.37. The molecule has 6 atom stereocenters. The van der Waals surface area contributed by atoms with Crippen molar-refractivity contribution in [3.63, 3.8) is 0 Å². The number of amides is 1. The van der Waals surface area contributed by atoms with Crippen molar-refractivity contribution < 1.29 is 33.7 Å². The molecule has 1 heterocycles. The minimum absolute atomic E-state index is 0.0485. The van der Waals surface area contributed by atoms with Crippen LogP contribution in [0.5, 0.6) is 0 Å². The van der Waals surface area contributed by atoms with Gasteiger partial charge in [0.1, 0.15) is 6.10 Å². The monoisotopic (exact) mass is 553 g/mol. The second-order valence-corrected chi connectivity index (χ2v) is 12.0. The van der Waals surface area contributed by atoms with E-state index in [1.165, 1.54) is 5.57 Å². The molecule has 2 N–H and O–H groups in total. The van der Waals surface area contributed by atoms with Crippen LogP contribution in [0.1, 0.15) is 65.7 Å². The number of rotatable bonds is 10. The maximum absolute atomic E-state index is 12.7. The highest BCUT2D eigenvalue weighted by molar-refractivity contribution is 5.84. The van der Waals surface area contributed by atoms with Crippen LogP contribution in [0.2, 0.25) is 0 Å². The molecule has 1 amide bonds. The lowest BCUT2D eigenvalue weighted by Crippen LogP contribution is -2.37. The van der Waals surface area contributed by atoms with Gasteiger partial charge < -0.3 is 19.3 Å². The largest absolute Gasteiger partial charge is 0.465 e. The summed E-state index contributed by atoms with van der Waals surface area (Å²) in [4.78, 5) is 36.8. The van der Waals surface area contributed by atoms with Gasteiger partial charge in [0.2, 0.25) is 0 Å². The molecule has 0 saturated carbocycles. The second-order valence-electron chi connectivity index (χ2n) is 12.0. The van der Waals surface area contributed by atoms with E-state index in [-0.39, 0.29) is 48.1 Å². The highest BCUT2D eigenvalue weighted by atomic mass is 16.6. The van der Waals surface area contributed by atoms with Crippen LogP contribution in [0.25, 0.3) is 0 Å². The molecule has 218 valence electrons. The zero-order valence-electron chi connectivity index (χ0n) is 23.8. The lowest BCUT2D eigenvalue weighted by Gasteiger charge is -2.40. The normalized spacial score (nSPS) is 28.1. The Hall–Kier alpha value is -3.13. The highest BCUT2D eigenvalue weighted by Crippen LogP contribution is 2.44. The molecule has 1 aromatic rings. The topological polar surface area (TPSA) is 111 Å². The highest BCUT2D eigenvalue weighted by Gasteiger charge is 2.38. The van der Waals surface area contributed by atoms with E-state index in [0.29, 0.717) is 38.2 Å². The van der Waals surface area contributed by atoms with E-state index >= 15 is 0 Å². The van der Waals surface area contributed by atoms with Gasteiger partial charge in [-0.25, -0.2) is 4.79 Å².